The number of carbonyl (C=O) groups is 1. The number of Topliss-reactive ketones (excluding diaryl/α,β-unsaturated/α-hetero) is 1. The van der Waals surface area contributed by atoms with Crippen molar-refractivity contribution in [2.45, 2.75) is 25.9 Å². The maximum absolute atomic E-state index is 12.0. The zero-order valence-electron chi connectivity index (χ0n) is 9.78. The van der Waals surface area contributed by atoms with Crippen molar-refractivity contribution < 1.29 is 14.3 Å². The van der Waals surface area contributed by atoms with Crippen LogP contribution >= 0.6 is 0 Å². The fourth-order valence-corrected chi connectivity index (χ4v) is 2.13. The normalized spacial score (nSPS) is 26.3. The minimum absolute atomic E-state index is 0.0123. The van der Waals surface area contributed by atoms with Crippen LogP contribution in [-0.4, -0.2) is 49.6 Å². The van der Waals surface area contributed by atoms with Gasteiger partial charge in [-0.2, -0.15) is 0 Å². The van der Waals surface area contributed by atoms with Gasteiger partial charge in [0.15, 0.2) is 5.76 Å². The third-order valence-electron chi connectivity index (χ3n) is 2.93. The Hall–Kier alpha value is -0.870. The standard InChI is InChI=1S/C12H19NO3/c1-2-5-13-6-8-16-11(9-13)12(14)10-4-3-7-15-10/h4,11H,2-3,5-9H2,1H3. The molecule has 1 fully saturated rings. The molecule has 4 nitrogen and oxygen atoms in total. The summed E-state index contributed by atoms with van der Waals surface area (Å²) in [6.07, 6.45) is 3.49. The minimum Gasteiger partial charge on any atom is -0.490 e. The predicted octanol–water partition coefficient (Wildman–Crippen LogP) is 0.971. The number of rotatable bonds is 4. The van der Waals surface area contributed by atoms with Crippen LogP contribution in [0.3, 0.4) is 0 Å². The van der Waals surface area contributed by atoms with Crippen molar-refractivity contribution in [3.05, 3.63) is 11.8 Å². The van der Waals surface area contributed by atoms with Crippen molar-refractivity contribution in [1.82, 2.24) is 4.90 Å². The van der Waals surface area contributed by atoms with Gasteiger partial charge in [-0.15, -0.1) is 0 Å². The van der Waals surface area contributed by atoms with Crippen molar-refractivity contribution in [2.24, 2.45) is 0 Å². The number of hydrogen-bond acceptors (Lipinski definition) is 4. The van der Waals surface area contributed by atoms with Gasteiger partial charge in [-0.25, -0.2) is 0 Å². The molecule has 0 aliphatic carbocycles. The van der Waals surface area contributed by atoms with Crippen molar-refractivity contribution in [3.8, 4) is 0 Å². The topological polar surface area (TPSA) is 38.8 Å². The first-order valence-corrected chi connectivity index (χ1v) is 6.02. The maximum Gasteiger partial charge on any atom is 0.226 e. The Bertz CT molecular complexity index is 286. The van der Waals surface area contributed by atoms with E-state index in [0.717, 1.165) is 25.9 Å². The summed E-state index contributed by atoms with van der Waals surface area (Å²) in [5.41, 5.74) is 0. The van der Waals surface area contributed by atoms with Crippen LogP contribution in [0.5, 0.6) is 0 Å². The molecule has 4 heteroatoms. The van der Waals surface area contributed by atoms with Gasteiger partial charge in [-0.3, -0.25) is 9.69 Å². The molecule has 0 N–H and O–H groups in total. The van der Waals surface area contributed by atoms with Crippen LogP contribution in [0.1, 0.15) is 19.8 Å². The number of ether oxygens (including phenoxy) is 2. The van der Waals surface area contributed by atoms with E-state index in [1.807, 2.05) is 6.08 Å². The van der Waals surface area contributed by atoms with Gasteiger partial charge in [0.25, 0.3) is 0 Å². The third kappa shape index (κ3) is 2.62. The summed E-state index contributed by atoms with van der Waals surface area (Å²) in [7, 11) is 0. The average molecular weight is 225 g/mol. The average Bonchev–Trinajstić information content (AvgIpc) is 2.82. The van der Waals surface area contributed by atoms with Crippen molar-refractivity contribution in [2.75, 3.05) is 32.8 Å². The predicted molar refractivity (Wildman–Crippen MR) is 60.1 cm³/mol. The van der Waals surface area contributed by atoms with E-state index in [1.165, 1.54) is 0 Å². The molecule has 2 aliphatic heterocycles. The van der Waals surface area contributed by atoms with Crippen LogP contribution in [0.25, 0.3) is 0 Å². The fourth-order valence-electron chi connectivity index (χ4n) is 2.13. The SMILES string of the molecule is CCCN1CCOC(C(=O)C2=CCCO2)C1. The molecule has 1 atom stereocenters. The van der Waals surface area contributed by atoms with Gasteiger partial charge in [0.1, 0.15) is 6.10 Å². The molecule has 0 bridgehead atoms. The highest BCUT2D eigenvalue weighted by atomic mass is 16.5. The number of ketones is 1. The summed E-state index contributed by atoms with van der Waals surface area (Å²) in [6, 6.07) is 0. The fraction of sp³-hybridized carbons (Fsp3) is 0.750. The zero-order valence-corrected chi connectivity index (χ0v) is 9.78. The summed E-state index contributed by atoms with van der Waals surface area (Å²) in [4.78, 5) is 14.3. The van der Waals surface area contributed by atoms with Crippen molar-refractivity contribution in [3.63, 3.8) is 0 Å². The first-order valence-electron chi connectivity index (χ1n) is 6.02. The Labute approximate surface area is 96.2 Å². The molecule has 0 saturated carbocycles. The lowest BCUT2D eigenvalue weighted by molar-refractivity contribution is -0.135. The number of hydrogen-bond donors (Lipinski definition) is 0. The summed E-state index contributed by atoms with van der Waals surface area (Å²) < 4.78 is 10.8. The van der Waals surface area contributed by atoms with E-state index >= 15 is 0 Å². The Morgan fingerprint density at radius 1 is 1.56 bits per heavy atom. The molecule has 16 heavy (non-hydrogen) atoms. The van der Waals surface area contributed by atoms with Crippen LogP contribution in [0.4, 0.5) is 0 Å². The largest absolute Gasteiger partial charge is 0.490 e. The minimum atomic E-state index is -0.329. The van der Waals surface area contributed by atoms with E-state index in [1.54, 1.807) is 0 Å². The third-order valence-corrected chi connectivity index (χ3v) is 2.93. The number of carbonyl (C=O) groups excluding carboxylic acids is 1. The Morgan fingerprint density at radius 3 is 3.12 bits per heavy atom. The Balaban J connectivity index is 1.90. The van der Waals surface area contributed by atoms with Gasteiger partial charge < -0.3 is 9.47 Å². The van der Waals surface area contributed by atoms with Crippen LogP contribution in [0.15, 0.2) is 11.8 Å². The molecule has 1 unspecified atom stereocenters. The second kappa shape index (κ2) is 5.46. The summed E-state index contributed by atoms with van der Waals surface area (Å²) >= 11 is 0. The lowest BCUT2D eigenvalue weighted by Crippen LogP contribution is -2.46. The number of morpholine rings is 1. The second-order valence-electron chi connectivity index (χ2n) is 4.23. The molecule has 2 heterocycles. The lowest BCUT2D eigenvalue weighted by atomic mass is 10.1. The van der Waals surface area contributed by atoms with E-state index in [-0.39, 0.29) is 11.9 Å². The van der Waals surface area contributed by atoms with E-state index in [2.05, 4.69) is 11.8 Å². The molecule has 90 valence electrons. The Kier molecular flexibility index (Phi) is 3.96. The molecule has 2 rings (SSSR count). The van der Waals surface area contributed by atoms with Crippen molar-refractivity contribution >= 4 is 5.78 Å². The first kappa shape index (κ1) is 11.6. The first-order chi connectivity index (χ1) is 7.81. The van der Waals surface area contributed by atoms with E-state index < -0.39 is 0 Å². The molecule has 1 saturated heterocycles. The van der Waals surface area contributed by atoms with Crippen molar-refractivity contribution in [1.29, 1.82) is 0 Å². The Morgan fingerprint density at radius 2 is 2.44 bits per heavy atom. The van der Waals surface area contributed by atoms with Crippen LogP contribution in [0.2, 0.25) is 0 Å². The van der Waals surface area contributed by atoms with E-state index in [0.29, 0.717) is 25.5 Å². The monoisotopic (exact) mass is 225 g/mol. The molecule has 0 aromatic carbocycles. The molecule has 2 aliphatic rings. The smallest absolute Gasteiger partial charge is 0.226 e. The van der Waals surface area contributed by atoms with Gasteiger partial charge in [0.2, 0.25) is 5.78 Å². The number of nitrogens with zero attached hydrogens (tertiary/aromatic N) is 1. The van der Waals surface area contributed by atoms with E-state index in [4.69, 9.17) is 9.47 Å². The molecule has 0 aromatic heterocycles. The molecular weight excluding hydrogens is 206 g/mol. The van der Waals surface area contributed by atoms with Gasteiger partial charge in [0.05, 0.1) is 13.2 Å². The van der Waals surface area contributed by atoms with Gasteiger partial charge in [0, 0.05) is 19.5 Å². The summed E-state index contributed by atoms with van der Waals surface area (Å²) in [6.45, 7) is 6.09. The quantitative estimate of drug-likeness (QED) is 0.714. The molecule has 0 aromatic rings. The van der Waals surface area contributed by atoms with Crippen LogP contribution < -0.4 is 0 Å². The summed E-state index contributed by atoms with van der Waals surface area (Å²) in [5, 5.41) is 0. The highest BCUT2D eigenvalue weighted by molar-refractivity contribution is 5.97. The second-order valence-corrected chi connectivity index (χ2v) is 4.23. The highest BCUT2D eigenvalue weighted by Gasteiger charge is 2.30. The zero-order chi connectivity index (χ0) is 11.4. The van der Waals surface area contributed by atoms with Gasteiger partial charge in [-0.1, -0.05) is 6.92 Å². The summed E-state index contributed by atoms with van der Waals surface area (Å²) in [5.74, 6) is 0.515. The van der Waals surface area contributed by atoms with Gasteiger partial charge >= 0.3 is 0 Å². The van der Waals surface area contributed by atoms with Gasteiger partial charge in [-0.05, 0) is 19.0 Å². The highest BCUT2D eigenvalue weighted by Crippen LogP contribution is 2.16. The van der Waals surface area contributed by atoms with Crippen LogP contribution in [-0.2, 0) is 14.3 Å². The molecule has 0 amide bonds. The lowest BCUT2D eigenvalue weighted by Gasteiger charge is -2.31. The molecule has 0 radical (unpaired) electrons. The van der Waals surface area contributed by atoms with E-state index in [9.17, 15) is 4.79 Å². The molecule has 0 spiro atoms. The van der Waals surface area contributed by atoms with Crippen LogP contribution in [0, 0.1) is 0 Å². The maximum atomic E-state index is 12.0. The molecular formula is C12H19NO3.